The lowest BCUT2D eigenvalue weighted by Crippen LogP contribution is -2.12. The molecule has 0 aliphatic carbocycles. The Morgan fingerprint density at radius 3 is 1.60 bits per heavy atom. The largest absolute Gasteiger partial charge is 0.466 e. The highest BCUT2D eigenvalue weighted by Crippen LogP contribution is 2.06. The van der Waals surface area contributed by atoms with Gasteiger partial charge in [0.25, 0.3) is 0 Å². The van der Waals surface area contributed by atoms with Gasteiger partial charge in [0.15, 0.2) is 0 Å². The van der Waals surface area contributed by atoms with Gasteiger partial charge in [-0.1, -0.05) is 49.7 Å². The predicted molar refractivity (Wildman–Crippen MR) is 94.2 cm³/mol. The monoisotopic (exact) mass is 342 g/mol. The first-order valence-electron chi connectivity index (χ1n) is 8.04. The van der Waals surface area contributed by atoms with Crippen LogP contribution in [0.3, 0.4) is 0 Å². The van der Waals surface area contributed by atoms with Gasteiger partial charge in [0.2, 0.25) is 0 Å². The molecule has 0 saturated heterocycles. The highest BCUT2D eigenvalue weighted by Gasteiger charge is 2.13. The Hall–Kier alpha value is -2.95. The molecule has 2 aromatic rings. The van der Waals surface area contributed by atoms with Crippen molar-refractivity contribution in [1.82, 2.24) is 0 Å². The van der Waals surface area contributed by atoms with Gasteiger partial charge in [-0.25, -0.2) is 9.59 Å². The Bertz CT molecular complexity index is 616. The topological polar surface area (TPSA) is 69.7 Å². The third-order valence-electron chi connectivity index (χ3n) is 3.01. The normalized spacial score (nSPS) is 9.36. The van der Waals surface area contributed by atoms with Crippen LogP contribution < -0.4 is 0 Å². The molecule has 5 heteroatoms. The quantitative estimate of drug-likeness (QED) is 0.466. The van der Waals surface area contributed by atoms with Crippen LogP contribution in [0.1, 0.15) is 47.4 Å². The average Bonchev–Trinajstić information content (AvgIpc) is 2.63. The third-order valence-corrected chi connectivity index (χ3v) is 3.01. The van der Waals surface area contributed by atoms with Crippen LogP contribution in [-0.4, -0.2) is 24.5 Å². The van der Waals surface area contributed by atoms with Crippen molar-refractivity contribution in [2.45, 2.75) is 26.7 Å². The maximum Gasteiger partial charge on any atom is 0.346 e. The van der Waals surface area contributed by atoms with Crippen molar-refractivity contribution < 1.29 is 23.9 Å². The smallest absolute Gasteiger partial charge is 0.346 e. The molecular weight excluding hydrogens is 320 g/mol. The van der Waals surface area contributed by atoms with Crippen molar-refractivity contribution in [2.24, 2.45) is 0 Å². The van der Waals surface area contributed by atoms with Gasteiger partial charge in [-0.05, 0) is 30.7 Å². The summed E-state index contributed by atoms with van der Waals surface area (Å²) in [5.74, 6) is -1.46. The summed E-state index contributed by atoms with van der Waals surface area (Å²) in [6, 6.07) is 16.8. The summed E-state index contributed by atoms with van der Waals surface area (Å²) in [5, 5.41) is 0. The van der Waals surface area contributed by atoms with Gasteiger partial charge >= 0.3 is 17.9 Å². The fourth-order valence-electron chi connectivity index (χ4n) is 1.71. The number of carbonyl (C=O) groups excluding carboxylic acids is 3. The standard InChI is InChI=1S/C14H10O3.C6H12O2/c15-13(11-7-3-1-4-8-11)17-14(16)12-9-5-2-6-10-12;1-3-4-5-8-6(2)7/h1-10H;3-5H2,1-2H3. The van der Waals surface area contributed by atoms with Crippen LogP contribution in [0.15, 0.2) is 60.7 Å². The molecule has 0 amide bonds. The molecule has 0 saturated carbocycles. The number of hydrogen-bond acceptors (Lipinski definition) is 5. The maximum absolute atomic E-state index is 11.6. The van der Waals surface area contributed by atoms with Gasteiger partial charge in [-0.3, -0.25) is 4.79 Å². The van der Waals surface area contributed by atoms with Gasteiger partial charge in [0, 0.05) is 6.92 Å². The Kier molecular flexibility index (Phi) is 9.30. The molecule has 0 atom stereocenters. The molecule has 0 bridgehead atoms. The van der Waals surface area contributed by atoms with Crippen molar-refractivity contribution in [1.29, 1.82) is 0 Å². The maximum atomic E-state index is 11.6. The van der Waals surface area contributed by atoms with Crippen molar-refractivity contribution >= 4 is 17.9 Å². The number of esters is 3. The fraction of sp³-hybridized carbons (Fsp3) is 0.250. The van der Waals surface area contributed by atoms with Crippen LogP contribution in [0.4, 0.5) is 0 Å². The minimum atomic E-state index is -0.639. The van der Waals surface area contributed by atoms with E-state index in [1.54, 1.807) is 60.7 Å². The lowest BCUT2D eigenvalue weighted by Gasteiger charge is -2.02. The molecule has 132 valence electrons. The van der Waals surface area contributed by atoms with Gasteiger partial charge < -0.3 is 9.47 Å². The summed E-state index contributed by atoms with van der Waals surface area (Å²) in [6.45, 7) is 4.06. The minimum Gasteiger partial charge on any atom is -0.466 e. The predicted octanol–water partition coefficient (Wildman–Crippen LogP) is 4.03. The molecule has 0 aliphatic heterocycles. The van der Waals surface area contributed by atoms with Gasteiger partial charge in [0.05, 0.1) is 17.7 Å². The molecule has 0 radical (unpaired) electrons. The highest BCUT2D eigenvalue weighted by atomic mass is 16.6. The van der Waals surface area contributed by atoms with E-state index in [1.165, 1.54) is 6.92 Å². The van der Waals surface area contributed by atoms with E-state index < -0.39 is 11.9 Å². The Morgan fingerprint density at radius 1 is 0.800 bits per heavy atom. The Morgan fingerprint density at radius 2 is 1.24 bits per heavy atom. The van der Waals surface area contributed by atoms with E-state index >= 15 is 0 Å². The van der Waals surface area contributed by atoms with Crippen LogP contribution in [0.2, 0.25) is 0 Å². The molecule has 0 spiro atoms. The van der Waals surface area contributed by atoms with Crippen molar-refractivity contribution in [3.63, 3.8) is 0 Å². The van der Waals surface area contributed by atoms with Crippen LogP contribution in [0.5, 0.6) is 0 Å². The number of carbonyl (C=O) groups is 3. The second-order valence-electron chi connectivity index (χ2n) is 5.10. The van der Waals surface area contributed by atoms with Crippen LogP contribution in [-0.2, 0) is 14.3 Å². The van der Waals surface area contributed by atoms with E-state index in [-0.39, 0.29) is 5.97 Å². The summed E-state index contributed by atoms with van der Waals surface area (Å²) < 4.78 is 9.39. The first kappa shape index (κ1) is 20.1. The summed E-state index contributed by atoms with van der Waals surface area (Å²) in [4.78, 5) is 33.3. The van der Waals surface area contributed by atoms with E-state index in [9.17, 15) is 14.4 Å². The Labute approximate surface area is 147 Å². The van der Waals surface area contributed by atoms with E-state index in [1.807, 2.05) is 0 Å². The fourth-order valence-corrected chi connectivity index (χ4v) is 1.71. The van der Waals surface area contributed by atoms with Crippen LogP contribution in [0, 0.1) is 0 Å². The molecule has 0 aliphatic rings. The van der Waals surface area contributed by atoms with Crippen LogP contribution in [0.25, 0.3) is 0 Å². The number of unbranched alkanes of at least 4 members (excludes halogenated alkanes) is 1. The van der Waals surface area contributed by atoms with Crippen LogP contribution >= 0.6 is 0 Å². The molecule has 0 aromatic heterocycles. The second-order valence-corrected chi connectivity index (χ2v) is 5.10. The Balaban J connectivity index is 0.000000333. The molecular formula is C20H22O5. The number of ether oxygens (including phenoxy) is 2. The number of hydrogen-bond donors (Lipinski definition) is 0. The SMILES string of the molecule is CCCCOC(C)=O.O=C(OC(=O)c1ccccc1)c1ccccc1. The van der Waals surface area contributed by atoms with Crippen molar-refractivity contribution in [2.75, 3.05) is 6.61 Å². The highest BCUT2D eigenvalue weighted by molar-refractivity contribution is 6.02. The van der Waals surface area contributed by atoms with E-state index in [0.717, 1.165) is 12.8 Å². The molecule has 0 heterocycles. The molecule has 2 rings (SSSR count). The molecule has 2 aromatic carbocycles. The molecule has 0 fully saturated rings. The van der Waals surface area contributed by atoms with Gasteiger partial charge in [0.1, 0.15) is 0 Å². The lowest BCUT2D eigenvalue weighted by atomic mass is 10.2. The minimum absolute atomic E-state index is 0.182. The number of rotatable bonds is 5. The second kappa shape index (κ2) is 11.6. The summed E-state index contributed by atoms with van der Waals surface area (Å²) in [7, 11) is 0. The van der Waals surface area contributed by atoms with E-state index in [4.69, 9.17) is 4.74 Å². The average molecular weight is 342 g/mol. The molecule has 0 unspecified atom stereocenters. The van der Waals surface area contributed by atoms with E-state index in [0.29, 0.717) is 17.7 Å². The van der Waals surface area contributed by atoms with Gasteiger partial charge in [-0.15, -0.1) is 0 Å². The zero-order valence-electron chi connectivity index (χ0n) is 14.4. The first-order valence-corrected chi connectivity index (χ1v) is 8.04. The first-order chi connectivity index (χ1) is 12.0. The van der Waals surface area contributed by atoms with Gasteiger partial charge in [-0.2, -0.15) is 0 Å². The molecule has 0 N–H and O–H groups in total. The third kappa shape index (κ3) is 8.46. The summed E-state index contributed by atoms with van der Waals surface area (Å²) in [6.07, 6.45) is 2.05. The molecule has 5 nitrogen and oxygen atoms in total. The zero-order chi connectivity index (χ0) is 18.5. The van der Waals surface area contributed by atoms with E-state index in [2.05, 4.69) is 11.7 Å². The molecule has 25 heavy (non-hydrogen) atoms. The van der Waals surface area contributed by atoms with Crippen molar-refractivity contribution in [3.05, 3.63) is 71.8 Å². The summed E-state index contributed by atoms with van der Waals surface area (Å²) in [5.41, 5.74) is 0.716. The van der Waals surface area contributed by atoms with Crippen molar-refractivity contribution in [3.8, 4) is 0 Å². The summed E-state index contributed by atoms with van der Waals surface area (Å²) >= 11 is 0. The lowest BCUT2D eigenvalue weighted by molar-refractivity contribution is -0.141. The zero-order valence-corrected chi connectivity index (χ0v) is 14.4. The number of benzene rings is 2.